The summed E-state index contributed by atoms with van der Waals surface area (Å²) < 4.78 is 0.744. The summed E-state index contributed by atoms with van der Waals surface area (Å²) in [6.07, 6.45) is 0. The zero-order valence-electron chi connectivity index (χ0n) is 11.4. The molecule has 0 atom stereocenters. The molecule has 0 unspecified atom stereocenters. The Morgan fingerprint density at radius 3 is 2.60 bits per heavy atom. The summed E-state index contributed by atoms with van der Waals surface area (Å²) in [5.41, 5.74) is 2.55. The van der Waals surface area contributed by atoms with Gasteiger partial charge in [0.1, 0.15) is 5.75 Å². The minimum Gasteiger partial charge on any atom is -0.507 e. The van der Waals surface area contributed by atoms with Crippen LogP contribution >= 0.6 is 15.9 Å². The van der Waals surface area contributed by atoms with Crippen LogP contribution in [0.4, 0.5) is 0 Å². The predicted octanol–water partition coefficient (Wildman–Crippen LogP) is 3.74. The van der Waals surface area contributed by atoms with Crippen LogP contribution in [0.3, 0.4) is 0 Å². The molecule has 0 aromatic heterocycles. The van der Waals surface area contributed by atoms with E-state index in [0.29, 0.717) is 12.1 Å². The van der Waals surface area contributed by atoms with E-state index in [0.717, 1.165) is 15.6 Å². The fourth-order valence-electron chi connectivity index (χ4n) is 2.01. The molecular formula is C16H16BrNO2. The zero-order chi connectivity index (χ0) is 14.7. The summed E-state index contributed by atoms with van der Waals surface area (Å²) in [6.45, 7) is 2.53. The van der Waals surface area contributed by atoms with Gasteiger partial charge in [-0.15, -0.1) is 0 Å². The van der Waals surface area contributed by atoms with Gasteiger partial charge >= 0.3 is 0 Å². The van der Waals surface area contributed by atoms with Crippen LogP contribution in [0.1, 0.15) is 21.5 Å². The smallest absolute Gasteiger partial charge is 0.257 e. The number of aryl methyl sites for hydroxylation is 1. The Balaban J connectivity index is 2.19. The number of hydrogen-bond donors (Lipinski definition) is 1. The maximum atomic E-state index is 12.3. The van der Waals surface area contributed by atoms with Crippen LogP contribution in [0, 0.1) is 6.92 Å². The normalized spacial score (nSPS) is 10.3. The molecule has 2 rings (SSSR count). The van der Waals surface area contributed by atoms with Gasteiger partial charge in [-0.05, 0) is 36.2 Å². The number of amides is 1. The number of aromatic hydroxyl groups is 1. The standard InChI is InChI=1S/C16H16BrNO2/c1-11-5-3-4-6-12(11)10-18(2)16(20)14-8-7-13(17)9-15(14)19/h3-9,19H,10H2,1-2H3. The number of carbonyl (C=O) groups is 1. The first-order valence-corrected chi connectivity index (χ1v) is 7.07. The van der Waals surface area contributed by atoms with Crippen molar-refractivity contribution in [2.45, 2.75) is 13.5 Å². The minimum atomic E-state index is -0.196. The van der Waals surface area contributed by atoms with Crippen LogP contribution in [0.5, 0.6) is 5.75 Å². The molecule has 0 aliphatic heterocycles. The lowest BCUT2D eigenvalue weighted by molar-refractivity contribution is 0.0782. The van der Waals surface area contributed by atoms with Crippen molar-refractivity contribution in [1.82, 2.24) is 4.90 Å². The van der Waals surface area contributed by atoms with Crippen LogP contribution in [0.25, 0.3) is 0 Å². The topological polar surface area (TPSA) is 40.5 Å². The van der Waals surface area contributed by atoms with Gasteiger partial charge in [0.25, 0.3) is 5.91 Å². The summed E-state index contributed by atoms with van der Waals surface area (Å²) in [5.74, 6) is -0.209. The van der Waals surface area contributed by atoms with E-state index in [1.165, 1.54) is 6.07 Å². The molecular weight excluding hydrogens is 318 g/mol. The Labute approximate surface area is 127 Å². The summed E-state index contributed by atoms with van der Waals surface area (Å²) >= 11 is 3.26. The molecule has 4 heteroatoms. The van der Waals surface area contributed by atoms with Crippen LogP contribution < -0.4 is 0 Å². The predicted molar refractivity (Wildman–Crippen MR) is 82.8 cm³/mol. The molecule has 104 valence electrons. The first-order valence-electron chi connectivity index (χ1n) is 6.27. The van der Waals surface area contributed by atoms with Gasteiger partial charge in [-0.3, -0.25) is 4.79 Å². The third-order valence-corrected chi connectivity index (χ3v) is 3.70. The van der Waals surface area contributed by atoms with E-state index in [1.807, 2.05) is 31.2 Å². The number of phenols is 1. The molecule has 0 saturated heterocycles. The van der Waals surface area contributed by atoms with Crippen molar-refractivity contribution >= 4 is 21.8 Å². The highest BCUT2D eigenvalue weighted by atomic mass is 79.9. The average molecular weight is 334 g/mol. The second kappa shape index (κ2) is 6.09. The minimum absolute atomic E-state index is 0.0130. The zero-order valence-corrected chi connectivity index (χ0v) is 13.0. The van der Waals surface area contributed by atoms with Gasteiger partial charge in [-0.25, -0.2) is 0 Å². The van der Waals surface area contributed by atoms with E-state index < -0.39 is 0 Å². The largest absolute Gasteiger partial charge is 0.507 e. The third kappa shape index (κ3) is 3.20. The number of rotatable bonds is 3. The van der Waals surface area contributed by atoms with E-state index in [4.69, 9.17) is 0 Å². The molecule has 1 amide bonds. The highest BCUT2D eigenvalue weighted by Crippen LogP contribution is 2.24. The molecule has 0 spiro atoms. The van der Waals surface area contributed by atoms with E-state index in [-0.39, 0.29) is 11.7 Å². The molecule has 0 heterocycles. The van der Waals surface area contributed by atoms with Crippen LogP contribution in [0.15, 0.2) is 46.9 Å². The van der Waals surface area contributed by atoms with Gasteiger partial charge in [0, 0.05) is 18.1 Å². The Morgan fingerprint density at radius 1 is 1.25 bits per heavy atom. The van der Waals surface area contributed by atoms with Crippen molar-refractivity contribution in [1.29, 1.82) is 0 Å². The van der Waals surface area contributed by atoms with Gasteiger partial charge in [0.05, 0.1) is 5.56 Å². The average Bonchev–Trinajstić information content (AvgIpc) is 2.40. The molecule has 20 heavy (non-hydrogen) atoms. The van der Waals surface area contributed by atoms with Crippen molar-refractivity contribution in [3.8, 4) is 5.75 Å². The van der Waals surface area contributed by atoms with Crippen molar-refractivity contribution in [3.63, 3.8) is 0 Å². The van der Waals surface area contributed by atoms with Crippen molar-refractivity contribution in [3.05, 3.63) is 63.6 Å². The Kier molecular flexibility index (Phi) is 4.45. The summed E-state index contributed by atoms with van der Waals surface area (Å²) in [4.78, 5) is 13.9. The lowest BCUT2D eigenvalue weighted by atomic mass is 10.1. The van der Waals surface area contributed by atoms with Gasteiger partial charge in [0.2, 0.25) is 0 Å². The molecule has 0 aliphatic carbocycles. The molecule has 0 radical (unpaired) electrons. The number of carbonyl (C=O) groups excluding carboxylic acids is 1. The van der Waals surface area contributed by atoms with Gasteiger partial charge in [-0.2, -0.15) is 0 Å². The second-order valence-electron chi connectivity index (χ2n) is 4.75. The molecule has 2 aromatic rings. The summed E-state index contributed by atoms with van der Waals surface area (Å²) in [5, 5.41) is 9.85. The molecule has 0 aliphatic rings. The lowest BCUT2D eigenvalue weighted by Gasteiger charge is -2.19. The van der Waals surface area contributed by atoms with Crippen LogP contribution in [0.2, 0.25) is 0 Å². The van der Waals surface area contributed by atoms with Crippen LogP contribution in [-0.4, -0.2) is 23.0 Å². The maximum absolute atomic E-state index is 12.3. The summed E-state index contributed by atoms with van der Waals surface area (Å²) in [7, 11) is 1.73. The molecule has 2 aromatic carbocycles. The first kappa shape index (κ1) is 14.6. The quantitative estimate of drug-likeness (QED) is 0.929. The molecule has 0 saturated carbocycles. The van der Waals surface area contributed by atoms with Gasteiger partial charge in [-0.1, -0.05) is 40.2 Å². The summed E-state index contributed by atoms with van der Waals surface area (Å²) in [6, 6.07) is 12.8. The SMILES string of the molecule is Cc1ccccc1CN(C)C(=O)c1ccc(Br)cc1O. The molecule has 0 bridgehead atoms. The van der Waals surface area contributed by atoms with Crippen molar-refractivity contribution in [2.75, 3.05) is 7.05 Å². The third-order valence-electron chi connectivity index (χ3n) is 3.21. The highest BCUT2D eigenvalue weighted by molar-refractivity contribution is 9.10. The van der Waals surface area contributed by atoms with E-state index in [2.05, 4.69) is 15.9 Å². The highest BCUT2D eigenvalue weighted by Gasteiger charge is 2.16. The van der Waals surface area contributed by atoms with E-state index in [1.54, 1.807) is 24.1 Å². The van der Waals surface area contributed by atoms with Crippen molar-refractivity contribution in [2.24, 2.45) is 0 Å². The first-order chi connectivity index (χ1) is 9.49. The number of phenolic OH excluding ortho intramolecular Hbond substituents is 1. The number of hydrogen-bond acceptors (Lipinski definition) is 2. The molecule has 3 nitrogen and oxygen atoms in total. The molecule has 0 fully saturated rings. The van der Waals surface area contributed by atoms with E-state index in [9.17, 15) is 9.90 Å². The van der Waals surface area contributed by atoms with Gasteiger partial charge in [0.15, 0.2) is 0 Å². The Bertz CT molecular complexity index is 640. The second-order valence-corrected chi connectivity index (χ2v) is 5.66. The number of halogens is 1. The number of benzene rings is 2. The molecule has 1 N–H and O–H groups in total. The Morgan fingerprint density at radius 2 is 1.95 bits per heavy atom. The van der Waals surface area contributed by atoms with E-state index >= 15 is 0 Å². The Hall–Kier alpha value is -1.81. The van der Waals surface area contributed by atoms with Gasteiger partial charge < -0.3 is 10.0 Å². The van der Waals surface area contributed by atoms with Crippen LogP contribution in [-0.2, 0) is 6.54 Å². The maximum Gasteiger partial charge on any atom is 0.257 e. The lowest BCUT2D eigenvalue weighted by Crippen LogP contribution is -2.26. The fraction of sp³-hybridized carbons (Fsp3) is 0.188. The monoisotopic (exact) mass is 333 g/mol. The van der Waals surface area contributed by atoms with Crippen molar-refractivity contribution < 1.29 is 9.90 Å². The number of nitrogens with zero attached hydrogens (tertiary/aromatic N) is 1. The fourth-order valence-corrected chi connectivity index (χ4v) is 2.36.